The van der Waals surface area contributed by atoms with Crippen molar-refractivity contribution in [2.24, 2.45) is 16.6 Å². The van der Waals surface area contributed by atoms with Gasteiger partial charge < -0.3 is 11.1 Å². The van der Waals surface area contributed by atoms with Gasteiger partial charge in [-0.3, -0.25) is 9.89 Å². The molecule has 110 valence electrons. The average Bonchev–Trinajstić information content (AvgIpc) is 2.29. The molecule has 3 N–H and O–H groups in total. The summed E-state index contributed by atoms with van der Waals surface area (Å²) < 4.78 is 22.6. The number of rotatable bonds is 5. The largest absolute Gasteiger partial charge is 0.370 e. The molecule has 0 radical (unpaired) electrons. The van der Waals surface area contributed by atoms with Crippen LogP contribution in [0.1, 0.15) is 19.3 Å². The van der Waals surface area contributed by atoms with E-state index in [-0.39, 0.29) is 11.5 Å². The van der Waals surface area contributed by atoms with Crippen LogP contribution in [0.4, 0.5) is 0 Å². The Morgan fingerprint density at radius 3 is 2.58 bits per heavy atom. The van der Waals surface area contributed by atoms with Crippen molar-refractivity contribution >= 4 is 15.8 Å². The third kappa shape index (κ3) is 4.99. The van der Waals surface area contributed by atoms with Crippen molar-refractivity contribution in [2.45, 2.75) is 19.3 Å². The molecule has 19 heavy (non-hydrogen) atoms. The second kappa shape index (κ2) is 6.56. The van der Waals surface area contributed by atoms with Crippen molar-refractivity contribution in [1.82, 2.24) is 10.2 Å². The Kier molecular flexibility index (Phi) is 5.04. The van der Waals surface area contributed by atoms with Gasteiger partial charge in [-0.25, -0.2) is 8.42 Å². The number of nitrogens with zero attached hydrogens (tertiary/aromatic N) is 2. The summed E-state index contributed by atoms with van der Waals surface area (Å²) in [5, 5.41) is 3.09. The van der Waals surface area contributed by atoms with Crippen LogP contribution in [-0.2, 0) is 9.84 Å². The Hall–Kier alpha value is -0.820. The molecule has 6 nitrogen and oxygen atoms in total. The lowest BCUT2D eigenvalue weighted by atomic mass is 9.86. The van der Waals surface area contributed by atoms with E-state index in [9.17, 15) is 8.42 Å². The number of guanidine groups is 1. The second-order valence-electron chi connectivity index (χ2n) is 5.44. The van der Waals surface area contributed by atoms with E-state index in [1.807, 2.05) is 0 Å². The van der Waals surface area contributed by atoms with E-state index in [2.05, 4.69) is 15.2 Å². The summed E-state index contributed by atoms with van der Waals surface area (Å²) in [6, 6.07) is 0. The number of hydrogen-bond acceptors (Lipinski definition) is 4. The van der Waals surface area contributed by atoms with Crippen molar-refractivity contribution < 1.29 is 8.42 Å². The first-order chi connectivity index (χ1) is 9.05. The van der Waals surface area contributed by atoms with Gasteiger partial charge in [0.25, 0.3) is 0 Å². The van der Waals surface area contributed by atoms with Crippen LogP contribution in [0.2, 0.25) is 0 Å². The molecule has 0 aromatic carbocycles. The van der Waals surface area contributed by atoms with Crippen LogP contribution in [0, 0.1) is 5.92 Å². The first kappa shape index (κ1) is 14.6. The summed E-state index contributed by atoms with van der Waals surface area (Å²) in [5.41, 5.74) is 5.78. The molecule has 0 aromatic heterocycles. The van der Waals surface area contributed by atoms with Crippen LogP contribution in [0.5, 0.6) is 0 Å². The molecule has 2 fully saturated rings. The number of sulfone groups is 1. The number of nitrogens with two attached hydrogens (primary N) is 1. The maximum absolute atomic E-state index is 11.3. The fourth-order valence-electron chi connectivity index (χ4n) is 2.27. The summed E-state index contributed by atoms with van der Waals surface area (Å²) >= 11 is 0. The molecule has 0 aromatic rings. The zero-order chi connectivity index (χ0) is 13.7. The molecule has 2 aliphatic rings. The first-order valence-electron chi connectivity index (χ1n) is 7.02. The molecule has 1 heterocycles. The smallest absolute Gasteiger partial charge is 0.188 e. The fraction of sp³-hybridized carbons (Fsp3) is 0.917. The molecule has 2 rings (SSSR count). The minimum Gasteiger partial charge on any atom is -0.370 e. The first-order valence-corrected chi connectivity index (χ1v) is 8.84. The van der Waals surface area contributed by atoms with Gasteiger partial charge in [-0.15, -0.1) is 0 Å². The summed E-state index contributed by atoms with van der Waals surface area (Å²) in [7, 11) is -2.78. The van der Waals surface area contributed by atoms with Gasteiger partial charge in [-0.1, -0.05) is 6.42 Å². The Balaban J connectivity index is 1.58. The summed E-state index contributed by atoms with van der Waals surface area (Å²) in [5.74, 6) is 1.79. The minimum atomic E-state index is -2.78. The number of aliphatic imine (C=N–C) groups is 1. The van der Waals surface area contributed by atoms with Crippen LogP contribution < -0.4 is 11.1 Å². The van der Waals surface area contributed by atoms with E-state index < -0.39 is 9.84 Å². The summed E-state index contributed by atoms with van der Waals surface area (Å²) in [6.45, 7) is 3.63. The van der Waals surface area contributed by atoms with Crippen molar-refractivity contribution in [3.8, 4) is 0 Å². The number of hydrogen-bond donors (Lipinski definition) is 2. The molecule has 0 bridgehead atoms. The Labute approximate surface area is 115 Å². The zero-order valence-corrected chi connectivity index (χ0v) is 12.2. The van der Waals surface area contributed by atoms with Gasteiger partial charge in [0.05, 0.1) is 11.5 Å². The second-order valence-corrected chi connectivity index (χ2v) is 7.75. The van der Waals surface area contributed by atoms with Crippen LogP contribution in [0.15, 0.2) is 4.99 Å². The van der Waals surface area contributed by atoms with Gasteiger partial charge in [0.15, 0.2) is 15.8 Å². The van der Waals surface area contributed by atoms with Crippen molar-refractivity contribution in [2.75, 3.05) is 44.2 Å². The molecule has 1 saturated heterocycles. The summed E-state index contributed by atoms with van der Waals surface area (Å²) in [6.07, 6.45) is 3.88. The molecule has 0 spiro atoms. The highest BCUT2D eigenvalue weighted by Crippen LogP contribution is 2.26. The highest BCUT2D eigenvalue weighted by Gasteiger charge is 2.21. The lowest BCUT2D eigenvalue weighted by Crippen LogP contribution is -2.45. The Morgan fingerprint density at radius 1 is 1.32 bits per heavy atom. The summed E-state index contributed by atoms with van der Waals surface area (Å²) in [4.78, 5) is 6.47. The molecule has 0 unspecified atom stereocenters. The van der Waals surface area contributed by atoms with Gasteiger partial charge in [0.2, 0.25) is 0 Å². The molecule has 1 aliphatic heterocycles. The molecular formula is C12H24N4O2S. The normalized spacial score (nSPS) is 24.9. The third-order valence-electron chi connectivity index (χ3n) is 3.92. The average molecular weight is 288 g/mol. The maximum Gasteiger partial charge on any atom is 0.188 e. The highest BCUT2D eigenvalue weighted by molar-refractivity contribution is 7.91. The topological polar surface area (TPSA) is 87.8 Å². The van der Waals surface area contributed by atoms with E-state index in [1.165, 1.54) is 19.3 Å². The molecular weight excluding hydrogens is 264 g/mol. The van der Waals surface area contributed by atoms with Crippen molar-refractivity contribution in [3.05, 3.63) is 0 Å². The van der Waals surface area contributed by atoms with E-state index in [0.29, 0.717) is 19.0 Å². The Bertz CT molecular complexity index is 403. The third-order valence-corrected chi connectivity index (χ3v) is 5.52. The Morgan fingerprint density at radius 2 is 2.00 bits per heavy atom. The predicted molar refractivity (Wildman–Crippen MR) is 76.9 cm³/mol. The van der Waals surface area contributed by atoms with Crippen LogP contribution in [0.25, 0.3) is 0 Å². The molecule has 1 aliphatic carbocycles. The van der Waals surface area contributed by atoms with E-state index in [1.54, 1.807) is 0 Å². The molecule has 0 atom stereocenters. The minimum absolute atomic E-state index is 0.276. The lowest BCUT2D eigenvalue weighted by molar-refractivity contribution is 0.299. The lowest BCUT2D eigenvalue weighted by Gasteiger charge is -2.26. The maximum atomic E-state index is 11.3. The number of nitrogens with one attached hydrogen (secondary N) is 1. The predicted octanol–water partition coefficient (Wildman–Crippen LogP) is -0.579. The molecule has 0 amide bonds. The quantitative estimate of drug-likeness (QED) is 0.522. The van der Waals surface area contributed by atoms with Gasteiger partial charge in [0, 0.05) is 32.7 Å². The molecule has 1 saturated carbocycles. The fourth-order valence-corrected chi connectivity index (χ4v) is 3.55. The standard InChI is InChI=1S/C12H24N4O2S/c13-12(15-10-11-2-1-3-11)14-4-5-16-6-8-19(17,18)9-7-16/h11H,1-10H2,(H3,13,14,15). The van der Waals surface area contributed by atoms with E-state index in [0.717, 1.165) is 25.6 Å². The zero-order valence-electron chi connectivity index (χ0n) is 11.3. The van der Waals surface area contributed by atoms with E-state index >= 15 is 0 Å². The SMILES string of the molecule is NC(=NCC1CCC1)NCCN1CCS(=O)(=O)CC1. The van der Waals surface area contributed by atoms with Crippen LogP contribution >= 0.6 is 0 Å². The van der Waals surface area contributed by atoms with E-state index in [4.69, 9.17) is 5.73 Å². The van der Waals surface area contributed by atoms with Crippen molar-refractivity contribution in [3.63, 3.8) is 0 Å². The van der Waals surface area contributed by atoms with Gasteiger partial charge in [-0.05, 0) is 18.8 Å². The van der Waals surface area contributed by atoms with Gasteiger partial charge in [-0.2, -0.15) is 0 Å². The monoisotopic (exact) mass is 288 g/mol. The van der Waals surface area contributed by atoms with Crippen LogP contribution in [-0.4, -0.2) is 63.5 Å². The van der Waals surface area contributed by atoms with Crippen molar-refractivity contribution in [1.29, 1.82) is 0 Å². The highest BCUT2D eigenvalue weighted by atomic mass is 32.2. The van der Waals surface area contributed by atoms with Gasteiger partial charge >= 0.3 is 0 Å². The van der Waals surface area contributed by atoms with Gasteiger partial charge in [0.1, 0.15) is 0 Å². The molecule has 7 heteroatoms. The van der Waals surface area contributed by atoms with Crippen LogP contribution in [0.3, 0.4) is 0 Å².